The SMILES string of the molecule is CCc1ccsc1C(=O)Nc1ccc(Br)cc1C#N. The molecule has 5 heteroatoms. The molecule has 0 bridgehead atoms. The van der Waals surface area contributed by atoms with Crippen LogP contribution in [0.1, 0.15) is 27.7 Å². The number of nitrogens with one attached hydrogen (secondary N) is 1. The first-order valence-corrected chi connectivity index (χ1v) is 7.40. The molecule has 96 valence electrons. The molecule has 0 aliphatic rings. The lowest BCUT2D eigenvalue weighted by molar-refractivity contribution is 0.103. The highest BCUT2D eigenvalue weighted by molar-refractivity contribution is 9.10. The second kappa shape index (κ2) is 6.00. The van der Waals surface area contributed by atoms with Crippen LogP contribution in [0.2, 0.25) is 0 Å². The first kappa shape index (κ1) is 13.8. The summed E-state index contributed by atoms with van der Waals surface area (Å²) >= 11 is 4.72. The first-order chi connectivity index (χ1) is 9.15. The van der Waals surface area contributed by atoms with Crippen molar-refractivity contribution in [1.82, 2.24) is 0 Å². The van der Waals surface area contributed by atoms with Crippen LogP contribution in [0.15, 0.2) is 34.1 Å². The van der Waals surface area contributed by atoms with E-state index in [0.29, 0.717) is 16.1 Å². The van der Waals surface area contributed by atoms with Crippen LogP contribution in [0.5, 0.6) is 0 Å². The molecule has 0 aliphatic carbocycles. The molecule has 1 aromatic heterocycles. The lowest BCUT2D eigenvalue weighted by Crippen LogP contribution is -2.13. The number of carbonyl (C=O) groups excluding carboxylic acids is 1. The third-order valence-electron chi connectivity index (χ3n) is 2.68. The van der Waals surface area contributed by atoms with E-state index in [2.05, 4.69) is 27.3 Å². The number of nitriles is 1. The zero-order chi connectivity index (χ0) is 13.8. The molecular weight excluding hydrogens is 324 g/mol. The highest BCUT2D eigenvalue weighted by atomic mass is 79.9. The van der Waals surface area contributed by atoms with Gasteiger partial charge in [0.2, 0.25) is 0 Å². The van der Waals surface area contributed by atoms with Crippen molar-refractivity contribution in [2.75, 3.05) is 5.32 Å². The van der Waals surface area contributed by atoms with E-state index in [4.69, 9.17) is 5.26 Å². The lowest BCUT2D eigenvalue weighted by atomic mass is 10.1. The number of anilines is 1. The monoisotopic (exact) mass is 334 g/mol. The largest absolute Gasteiger partial charge is 0.320 e. The van der Waals surface area contributed by atoms with Crippen LogP contribution in [0.25, 0.3) is 0 Å². The summed E-state index contributed by atoms with van der Waals surface area (Å²) in [5, 5.41) is 13.8. The van der Waals surface area contributed by atoms with Crippen molar-refractivity contribution < 1.29 is 4.79 Å². The van der Waals surface area contributed by atoms with Crippen molar-refractivity contribution in [2.45, 2.75) is 13.3 Å². The van der Waals surface area contributed by atoms with E-state index < -0.39 is 0 Å². The summed E-state index contributed by atoms with van der Waals surface area (Å²) in [7, 11) is 0. The number of rotatable bonds is 3. The van der Waals surface area contributed by atoms with Gasteiger partial charge in [-0.25, -0.2) is 0 Å². The Kier molecular flexibility index (Phi) is 4.35. The van der Waals surface area contributed by atoms with Crippen LogP contribution in [-0.2, 0) is 6.42 Å². The molecule has 0 fully saturated rings. The van der Waals surface area contributed by atoms with Crippen LogP contribution in [-0.4, -0.2) is 5.91 Å². The van der Waals surface area contributed by atoms with E-state index in [-0.39, 0.29) is 5.91 Å². The van der Waals surface area contributed by atoms with Crippen molar-refractivity contribution in [3.05, 3.63) is 50.1 Å². The van der Waals surface area contributed by atoms with E-state index in [1.54, 1.807) is 18.2 Å². The predicted octanol–water partition coefficient (Wildman–Crippen LogP) is 4.20. The molecule has 0 atom stereocenters. The molecule has 0 unspecified atom stereocenters. The second-order valence-electron chi connectivity index (χ2n) is 3.88. The molecule has 19 heavy (non-hydrogen) atoms. The minimum atomic E-state index is -0.161. The number of aryl methyl sites for hydroxylation is 1. The van der Waals surface area contributed by atoms with Gasteiger partial charge in [0.05, 0.1) is 16.1 Å². The summed E-state index contributed by atoms with van der Waals surface area (Å²) in [6.45, 7) is 2.01. The van der Waals surface area contributed by atoms with Crippen molar-refractivity contribution in [2.24, 2.45) is 0 Å². The molecule has 2 aromatic rings. The summed E-state index contributed by atoms with van der Waals surface area (Å²) in [4.78, 5) is 12.9. The Bertz CT molecular complexity index is 658. The van der Waals surface area contributed by atoms with E-state index >= 15 is 0 Å². The van der Waals surface area contributed by atoms with Crippen molar-refractivity contribution >= 4 is 38.9 Å². The summed E-state index contributed by atoms with van der Waals surface area (Å²) < 4.78 is 0.812. The van der Waals surface area contributed by atoms with Crippen molar-refractivity contribution in [1.29, 1.82) is 5.26 Å². The number of nitrogens with zero attached hydrogens (tertiary/aromatic N) is 1. The summed E-state index contributed by atoms with van der Waals surface area (Å²) in [5.41, 5.74) is 2.00. The molecular formula is C14H11BrN2OS. The zero-order valence-corrected chi connectivity index (χ0v) is 12.6. The fraction of sp³-hybridized carbons (Fsp3) is 0.143. The van der Waals surface area contributed by atoms with E-state index in [1.807, 2.05) is 18.4 Å². The zero-order valence-electron chi connectivity index (χ0n) is 10.2. The minimum absolute atomic E-state index is 0.161. The van der Waals surface area contributed by atoms with Gasteiger partial charge in [-0.2, -0.15) is 5.26 Å². The van der Waals surface area contributed by atoms with Gasteiger partial charge in [-0.1, -0.05) is 22.9 Å². The number of amides is 1. The van der Waals surface area contributed by atoms with Gasteiger partial charge in [0.25, 0.3) is 5.91 Å². The molecule has 2 rings (SSSR count). The normalized spacial score (nSPS) is 9.95. The quantitative estimate of drug-likeness (QED) is 0.914. The number of hydrogen-bond donors (Lipinski definition) is 1. The molecule has 1 aromatic carbocycles. The molecule has 0 aliphatic heterocycles. The van der Waals surface area contributed by atoms with Crippen LogP contribution in [0.4, 0.5) is 5.69 Å². The summed E-state index contributed by atoms with van der Waals surface area (Å²) in [6.07, 6.45) is 0.817. The number of carbonyl (C=O) groups is 1. The van der Waals surface area contributed by atoms with Gasteiger partial charge in [0, 0.05) is 4.47 Å². The third kappa shape index (κ3) is 3.03. The smallest absolute Gasteiger partial charge is 0.266 e. The average Bonchev–Trinajstić information content (AvgIpc) is 2.89. The predicted molar refractivity (Wildman–Crippen MR) is 80.5 cm³/mol. The minimum Gasteiger partial charge on any atom is -0.320 e. The van der Waals surface area contributed by atoms with Gasteiger partial charge < -0.3 is 5.32 Å². The molecule has 3 nitrogen and oxygen atoms in total. The van der Waals surface area contributed by atoms with Crippen molar-refractivity contribution in [3.8, 4) is 6.07 Å². The topological polar surface area (TPSA) is 52.9 Å². The van der Waals surface area contributed by atoms with Gasteiger partial charge >= 0.3 is 0 Å². The maximum Gasteiger partial charge on any atom is 0.266 e. The second-order valence-corrected chi connectivity index (χ2v) is 5.72. The Morgan fingerprint density at radius 2 is 2.26 bits per heavy atom. The average molecular weight is 335 g/mol. The van der Waals surface area contributed by atoms with Gasteiger partial charge in [0.15, 0.2) is 0 Å². The lowest BCUT2D eigenvalue weighted by Gasteiger charge is -2.07. The molecule has 0 radical (unpaired) electrons. The first-order valence-electron chi connectivity index (χ1n) is 5.73. The number of halogens is 1. The Labute approximate surface area is 124 Å². The van der Waals surface area contributed by atoms with E-state index in [9.17, 15) is 4.79 Å². The van der Waals surface area contributed by atoms with Crippen LogP contribution in [0, 0.1) is 11.3 Å². The van der Waals surface area contributed by atoms with Gasteiger partial charge in [0.1, 0.15) is 6.07 Å². The third-order valence-corrected chi connectivity index (χ3v) is 4.13. The Balaban J connectivity index is 2.27. The number of hydrogen-bond acceptors (Lipinski definition) is 3. The highest BCUT2D eigenvalue weighted by Crippen LogP contribution is 2.23. The van der Waals surface area contributed by atoms with Crippen LogP contribution < -0.4 is 5.32 Å². The molecule has 1 amide bonds. The van der Waals surface area contributed by atoms with E-state index in [1.165, 1.54) is 11.3 Å². The summed E-state index contributed by atoms with van der Waals surface area (Å²) in [6, 6.07) is 9.23. The van der Waals surface area contributed by atoms with Crippen LogP contribution >= 0.6 is 27.3 Å². The number of thiophene rings is 1. The van der Waals surface area contributed by atoms with Gasteiger partial charge in [-0.15, -0.1) is 11.3 Å². The Hall–Kier alpha value is -1.64. The Morgan fingerprint density at radius 1 is 1.47 bits per heavy atom. The molecule has 0 saturated heterocycles. The highest BCUT2D eigenvalue weighted by Gasteiger charge is 2.14. The Morgan fingerprint density at radius 3 is 2.95 bits per heavy atom. The van der Waals surface area contributed by atoms with Gasteiger partial charge in [-0.3, -0.25) is 4.79 Å². The fourth-order valence-electron chi connectivity index (χ4n) is 1.71. The molecule has 0 saturated carbocycles. The van der Waals surface area contributed by atoms with Gasteiger partial charge in [-0.05, 0) is 41.6 Å². The standard InChI is InChI=1S/C14H11BrN2OS/c1-2-9-5-6-19-13(9)14(18)17-12-4-3-11(15)7-10(12)8-16/h3-7H,2H2,1H3,(H,17,18). The fourth-order valence-corrected chi connectivity index (χ4v) is 2.96. The molecule has 1 heterocycles. The maximum atomic E-state index is 12.2. The molecule has 0 spiro atoms. The van der Waals surface area contributed by atoms with E-state index in [0.717, 1.165) is 16.5 Å². The van der Waals surface area contributed by atoms with Crippen LogP contribution in [0.3, 0.4) is 0 Å². The van der Waals surface area contributed by atoms with Crippen molar-refractivity contribution in [3.63, 3.8) is 0 Å². The number of benzene rings is 1. The maximum absolute atomic E-state index is 12.2. The summed E-state index contributed by atoms with van der Waals surface area (Å²) in [5.74, 6) is -0.161. The molecule has 1 N–H and O–H groups in total.